The molecule has 0 radical (unpaired) electrons. The van der Waals surface area contributed by atoms with Crippen LogP contribution in [0.2, 0.25) is 5.02 Å². The molecule has 0 bridgehead atoms. The lowest BCUT2D eigenvalue weighted by Gasteiger charge is -2.13. The predicted octanol–water partition coefficient (Wildman–Crippen LogP) is 5.88. The Morgan fingerprint density at radius 1 is 1.08 bits per heavy atom. The van der Waals surface area contributed by atoms with Crippen molar-refractivity contribution in [2.24, 2.45) is 0 Å². The first-order valence-electron chi connectivity index (χ1n) is 7.82. The van der Waals surface area contributed by atoms with E-state index in [1.807, 2.05) is 66.1 Å². The minimum atomic E-state index is -0.132. The van der Waals surface area contributed by atoms with Crippen LogP contribution in [0.4, 0.5) is 0 Å². The molecule has 4 rings (SSSR count). The van der Waals surface area contributed by atoms with Gasteiger partial charge >= 0.3 is 0 Å². The van der Waals surface area contributed by atoms with Crippen LogP contribution in [0.3, 0.4) is 0 Å². The largest absolute Gasteiger partial charge is 0.268 e. The van der Waals surface area contributed by atoms with E-state index in [2.05, 4.69) is 22.6 Å². The molecule has 3 nitrogen and oxygen atoms in total. The van der Waals surface area contributed by atoms with Gasteiger partial charge < -0.3 is 0 Å². The number of halogens is 2. The summed E-state index contributed by atoms with van der Waals surface area (Å²) in [5.74, 6) is 0.546. The van der Waals surface area contributed by atoms with Gasteiger partial charge in [-0.05, 0) is 76.5 Å². The predicted molar refractivity (Wildman–Crippen MR) is 118 cm³/mol. The van der Waals surface area contributed by atoms with Crippen LogP contribution >= 0.6 is 45.5 Å². The zero-order valence-corrected chi connectivity index (χ0v) is 17.1. The maximum Gasteiger partial charge on any atom is 0.266 e. The van der Waals surface area contributed by atoms with Crippen molar-refractivity contribution in [3.8, 4) is 5.69 Å². The fourth-order valence-corrected chi connectivity index (χ4v) is 4.02. The Kier molecular flexibility index (Phi) is 4.93. The summed E-state index contributed by atoms with van der Waals surface area (Å²) in [6, 6.07) is 17.0. The second-order valence-electron chi connectivity index (χ2n) is 5.57. The third kappa shape index (κ3) is 3.34. The van der Waals surface area contributed by atoms with Crippen molar-refractivity contribution >= 4 is 68.6 Å². The van der Waals surface area contributed by atoms with E-state index in [-0.39, 0.29) is 5.56 Å². The summed E-state index contributed by atoms with van der Waals surface area (Å²) in [5, 5.41) is 3.09. The van der Waals surface area contributed by atoms with Crippen molar-refractivity contribution in [2.75, 3.05) is 0 Å². The van der Waals surface area contributed by atoms with Crippen molar-refractivity contribution < 1.29 is 0 Å². The van der Waals surface area contributed by atoms with Gasteiger partial charge in [-0.15, -0.1) is 11.3 Å². The number of aromatic nitrogens is 2. The van der Waals surface area contributed by atoms with Crippen LogP contribution in [-0.4, -0.2) is 9.55 Å². The van der Waals surface area contributed by atoms with Crippen molar-refractivity contribution in [1.29, 1.82) is 0 Å². The standard InChI is InChI=1S/C20H12ClIN2OS/c21-16-5-1-2-6-18(16)24-19(10-8-14-4-3-11-26-14)23-17-9-7-13(22)12-15(17)20(24)25/h1-12H/b10-8+. The Hall–Kier alpha value is -1.96. The van der Waals surface area contributed by atoms with Gasteiger partial charge in [0.15, 0.2) is 0 Å². The van der Waals surface area contributed by atoms with E-state index in [9.17, 15) is 4.79 Å². The summed E-state index contributed by atoms with van der Waals surface area (Å²) in [6.07, 6.45) is 3.81. The summed E-state index contributed by atoms with van der Waals surface area (Å²) in [7, 11) is 0. The van der Waals surface area contributed by atoms with E-state index in [1.165, 1.54) is 0 Å². The summed E-state index contributed by atoms with van der Waals surface area (Å²) in [6.45, 7) is 0. The highest BCUT2D eigenvalue weighted by Gasteiger charge is 2.13. The minimum absolute atomic E-state index is 0.132. The van der Waals surface area contributed by atoms with Gasteiger partial charge in [-0.2, -0.15) is 0 Å². The Morgan fingerprint density at radius 3 is 2.69 bits per heavy atom. The molecule has 4 aromatic rings. The second-order valence-corrected chi connectivity index (χ2v) is 8.20. The SMILES string of the molecule is O=c1c2cc(I)ccc2nc(/C=C/c2cccs2)n1-c1ccccc1Cl. The average molecular weight is 491 g/mol. The van der Waals surface area contributed by atoms with Crippen LogP contribution in [0.15, 0.2) is 64.8 Å². The number of fused-ring (bicyclic) bond motifs is 1. The zero-order chi connectivity index (χ0) is 18.1. The zero-order valence-electron chi connectivity index (χ0n) is 13.4. The molecule has 0 aliphatic heterocycles. The molecule has 0 amide bonds. The molecule has 0 aliphatic rings. The van der Waals surface area contributed by atoms with E-state index in [4.69, 9.17) is 16.6 Å². The van der Waals surface area contributed by atoms with E-state index in [0.717, 1.165) is 8.45 Å². The quantitative estimate of drug-likeness (QED) is 0.336. The number of nitrogens with zero attached hydrogens (tertiary/aromatic N) is 2. The van der Waals surface area contributed by atoms with Crippen molar-refractivity contribution in [1.82, 2.24) is 9.55 Å². The van der Waals surface area contributed by atoms with Gasteiger partial charge in [0.05, 0.1) is 21.6 Å². The number of hydrogen-bond acceptors (Lipinski definition) is 3. The molecule has 0 fully saturated rings. The number of rotatable bonds is 3. The van der Waals surface area contributed by atoms with Gasteiger partial charge in [0.25, 0.3) is 5.56 Å². The maximum atomic E-state index is 13.2. The monoisotopic (exact) mass is 490 g/mol. The first-order chi connectivity index (χ1) is 12.6. The Labute approximate surface area is 172 Å². The Morgan fingerprint density at radius 2 is 1.92 bits per heavy atom. The van der Waals surface area contributed by atoms with Gasteiger partial charge in [-0.25, -0.2) is 4.98 Å². The van der Waals surface area contributed by atoms with Crippen LogP contribution < -0.4 is 5.56 Å². The second kappa shape index (κ2) is 7.34. The van der Waals surface area contributed by atoms with Crippen LogP contribution in [0.25, 0.3) is 28.7 Å². The fourth-order valence-electron chi connectivity index (χ4n) is 2.70. The highest BCUT2D eigenvalue weighted by Crippen LogP contribution is 2.23. The van der Waals surface area contributed by atoms with Crippen molar-refractivity contribution in [3.63, 3.8) is 0 Å². The number of hydrogen-bond donors (Lipinski definition) is 0. The van der Waals surface area contributed by atoms with Gasteiger partial charge in [-0.3, -0.25) is 9.36 Å². The van der Waals surface area contributed by atoms with E-state index in [1.54, 1.807) is 22.0 Å². The summed E-state index contributed by atoms with van der Waals surface area (Å²) < 4.78 is 2.56. The van der Waals surface area contributed by atoms with Crippen LogP contribution in [0.5, 0.6) is 0 Å². The maximum absolute atomic E-state index is 13.2. The van der Waals surface area contributed by atoms with Gasteiger partial charge in [0.2, 0.25) is 0 Å². The van der Waals surface area contributed by atoms with E-state index < -0.39 is 0 Å². The molecule has 2 aromatic carbocycles. The van der Waals surface area contributed by atoms with Crippen LogP contribution in [0, 0.1) is 3.57 Å². The first kappa shape index (κ1) is 17.5. The smallest absolute Gasteiger partial charge is 0.266 e. The molecule has 0 saturated carbocycles. The normalized spacial score (nSPS) is 11.5. The highest BCUT2D eigenvalue weighted by molar-refractivity contribution is 14.1. The molecule has 0 spiro atoms. The molecule has 0 aliphatic carbocycles. The molecule has 128 valence electrons. The molecule has 6 heteroatoms. The molecular weight excluding hydrogens is 479 g/mol. The third-order valence-corrected chi connectivity index (χ3v) is 5.72. The fraction of sp³-hybridized carbons (Fsp3) is 0. The number of para-hydroxylation sites is 1. The lowest BCUT2D eigenvalue weighted by Crippen LogP contribution is -2.22. The van der Waals surface area contributed by atoms with Crippen molar-refractivity contribution in [2.45, 2.75) is 0 Å². The highest BCUT2D eigenvalue weighted by atomic mass is 127. The lowest BCUT2D eigenvalue weighted by atomic mass is 10.2. The molecule has 0 N–H and O–H groups in total. The summed E-state index contributed by atoms with van der Waals surface area (Å²) >= 11 is 10.2. The Balaban J connectivity index is 2.02. The topological polar surface area (TPSA) is 34.9 Å². The van der Waals surface area contributed by atoms with Gasteiger partial charge in [0.1, 0.15) is 5.82 Å². The Bertz CT molecular complexity index is 1180. The minimum Gasteiger partial charge on any atom is -0.268 e. The molecule has 2 aromatic heterocycles. The van der Waals surface area contributed by atoms with Crippen LogP contribution in [-0.2, 0) is 0 Å². The number of thiophene rings is 1. The molecule has 26 heavy (non-hydrogen) atoms. The summed E-state index contributed by atoms with van der Waals surface area (Å²) in [5.41, 5.74) is 1.16. The lowest BCUT2D eigenvalue weighted by molar-refractivity contribution is 0.944. The molecule has 2 heterocycles. The van der Waals surface area contributed by atoms with E-state index >= 15 is 0 Å². The molecule has 0 saturated heterocycles. The number of benzene rings is 2. The molecule has 0 atom stereocenters. The van der Waals surface area contributed by atoms with Gasteiger partial charge in [-0.1, -0.05) is 29.8 Å². The molecular formula is C20H12ClIN2OS. The van der Waals surface area contributed by atoms with E-state index in [0.29, 0.717) is 27.4 Å². The van der Waals surface area contributed by atoms with Crippen molar-refractivity contribution in [3.05, 3.63) is 89.6 Å². The van der Waals surface area contributed by atoms with Gasteiger partial charge in [0, 0.05) is 8.45 Å². The average Bonchev–Trinajstić information content (AvgIpc) is 3.15. The first-order valence-corrected chi connectivity index (χ1v) is 10.2. The van der Waals surface area contributed by atoms with Crippen LogP contribution in [0.1, 0.15) is 10.7 Å². The third-order valence-electron chi connectivity index (χ3n) is 3.89. The molecule has 0 unspecified atom stereocenters. The summed E-state index contributed by atoms with van der Waals surface area (Å²) in [4.78, 5) is 19.0.